The first-order valence-electron chi connectivity index (χ1n) is 10.5. The van der Waals surface area contributed by atoms with Gasteiger partial charge in [0, 0.05) is 44.3 Å². The molecule has 1 atom stereocenters. The topological polar surface area (TPSA) is 94.1 Å². The molecule has 0 saturated carbocycles. The van der Waals surface area contributed by atoms with Crippen molar-refractivity contribution >= 4 is 11.9 Å². The first-order valence-corrected chi connectivity index (χ1v) is 10.5. The first-order chi connectivity index (χ1) is 14.5. The SMILES string of the molecule is O=C(O)N1CCN(c2nc(OC[C@@H]3CCCN3CC(F)F)nc3c2CCNC3)CC1. The van der Waals surface area contributed by atoms with Gasteiger partial charge in [-0.25, -0.2) is 13.6 Å². The normalized spacial score (nSPS) is 22.4. The molecule has 1 aromatic rings. The van der Waals surface area contributed by atoms with Gasteiger partial charge in [-0.05, 0) is 32.4 Å². The average Bonchev–Trinajstić information content (AvgIpc) is 3.18. The van der Waals surface area contributed by atoms with Gasteiger partial charge in [0.1, 0.15) is 12.4 Å². The largest absolute Gasteiger partial charge is 0.465 e. The molecule has 0 unspecified atom stereocenters. The Morgan fingerprint density at radius 2 is 2.03 bits per heavy atom. The van der Waals surface area contributed by atoms with Crippen molar-refractivity contribution in [2.45, 2.75) is 38.3 Å². The fourth-order valence-electron chi connectivity index (χ4n) is 4.43. The van der Waals surface area contributed by atoms with Gasteiger partial charge in [-0.15, -0.1) is 0 Å². The lowest BCUT2D eigenvalue weighted by Crippen LogP contribution is -2.49. The highest BCUT2D eigenvalue weighted by atomic mass is 19.3. The predicted molar refractivity (Wildman–Crippen MR) is 105 cm³/mol. The molecule has 166 valence electrons. The molecule has 0 radical (unpaired) electrons. The first kappa shape index (κ1) is 21.0. The van der Waals surface area contributed by atoms with Crippen LogP contribution in [0.1, 0.15) is 24.1 Å². The molecule has 9 nitrogen and oxygen atoms in total. The number of ether oxygens (including phenoxy) is 1. The van der Waals surface area contributed by atoms with E-state index in [1.54, 1.807) is 4.90 Å². The van der Waals surface area contributed by atoms with E-state index in [9.17, 15) is 18.7 Å². The summed E-state index contributed by atoms with van der Waals surface area (Å²) in [5.74, 6) is 0.803. The smallest absolute Gasteiger partial charge is 0.407 e. The Labute approximate surface area is 174 Å². The van der Waals surface area contributed by atoms with Gasteiger partial charge in [0.05, 0.1) is 12.2 Å². The summed E-state index contributed by atoms with van der Waals surface area (Å²) in [6.45, 7) is 4.14. The number of anilines is 1. The lowest BCUT2D eigenvalue weighted by atomic mass is 10.1. The lowest BCUT2D eigenvalue weighted by Gasteiger charge is -2.35. The zero-order valence-electron chi connectivity index (χ0n) is 16.9. The van der Waals surface area contributed by atoms with Gasteiger partial charge in [-0.1, -0.05) is 0 Å². The van der Waals surface area contributed by atoms with E-state index in [4.69, 9.17) is 4.74 Å². The number of fused-ring (bicyclic) bond motifs is 1. The van der Waals surface area contributed by atoms with Crippen LogP contribution in [-0.2, 0) is 13.0 Å². The van der Waals surface area contributed by atoms with Crippen LogP contribution in [0.25, 0.3) is 0 Å². The van der Waals surface area contributed by atoms with E-state index in [-0.39, 0.29) is 25.2 Å². The molecule has 3 aliphatic rings. The molecule has 0 aromatic carbocycles. The third kappa shape index (κ3) is 4.72. The summed E-state index contributed by atoms with van der Waals surface area (Å²) < 4.78 is 31.5. The summed E-state index contributed by atoms with van der Waals surface area (Å²) in [5.41, 5.74) is 1.96. The highest BCUT2D eigenvalue weighted by molar-refractivity contribution is 5.65. The molecular weight excluding hydrogens is 398 g/mol. The van der Waals surface area contributed by atoms with E-state index in [1.807, 2.05) is 0 Å². The van der Waals surface area contributed by atoms with Crippen molar-refractivity contribution in [3.05, 3.63) is 11.3 Å². The second kappa shape index (κ2) is 9.25. The number of likely N-dealkylation sites (tertiary alicyclic amines) is 1. The maximum atomic E-state index is 12.8. The number of piperazine rings is 1. The van der Waals surface area contributed by atoms with Crippen LogP contribution in [0.15, 0.2) is 0 Å². The van der Waals surface area contributed by atoms with Crippen molar-refractivity contribution in [2.75, 3.05) is 57.3 Å². The minimum absolute atomic E-state index is 0.0562. The molecule has 30 heavy (non-hydrogen) atoms. The summed E-state index contributed by atoms with van der Waals surface area (Å²) in [7, 11) is 0. The zero-order valence-corrected chi connectivity index (χ0v) is 16.9. The van der Waals surface area contributed by atoms with E-state index in [1.165, 1.54) is 4.90 Å². The maximum Gasteiger partial charge on any atom is 0.407 e. The minimum Gasteiger partial charge on any atom is -0.465 e. The van der Waals surface area contributed by atoms with Gasteiger partial charge in [0.2, 0.25) is 0 Å². The number of amides is 1. The Balaban J connectivity index is 1.48. The standard InChI is InChI=1S/C19H28F2N6O3/c20-16(21)11-27-5-1-2-13(27)12-30-18-23-15-10-22-4-3-14(15)17(24-18)25-6-8-26(9-7-25)19(28)29/h13,16,22H,1-12H2,(H,28,29)/t13-/m0/s1. The Morgan fingerprint density at radius 3 is 2.77 bits per heavy atom. The van der Waals surface area contributed by atoms with Gasteiger partial charge >= 0.3 is 12.1 Å². The maximum absolute atomic E-state index is 12.8. The fourth-order valence-corrected chi connectivity index (χ4v) is 4.43. The molecule has 0 aliphatic carbocycles. The van der Waals surface area contributed by atoms with Crippen molar-refractivity contribution in [1.29, 1.82) is 0 Å². The Morgan fingerprint density at radius 1 is 1.23 bits per heavy atom. The summed E-state index contributed by atoms with van der Waals surface area (Å²) in [6.07, 6.45) is -0.752. The zero-order chi connectivity index (χ0) is 21.1. The third-order valence-corrected chi connectivity index (χ3v) is 6.02. The van der Waals surface area contributed by atoms with Gasteiger partial charge in [-0.3, -0.25) is 4.90 Å². The molecule has 2 fully saturated rings. The van der Waals surface area contributed by atoms with Crippen molar-refractivity contribution in [1.82, 2.24) is 25.1 Å². The summed E-state index contributed by atoms with van der Waals surface area (Å²) in [4.78, 5) is 25.7. The number of aromatic nitrogens is 2. The third-order valence-electron chi connectivity index (χ3n) is 6.02. The number of nitrogens with zero attached hydrogens (tertiary/aromatic N) is 5. The van der Waals surface area contributed by atoms with Gasteiger partial charge in [0.25, 0.3) is 6.43 Å². The highest BCUT2D eigenvalue weighted by Gasteiger charge is 2.29. The van der Waals surface area contributed by atoms with Gasteiger partial charge in [0.15, 0.2) is 0 Å². The predicted octanol–water partition coefficient (Wildman–Crippen LogP) is 1.03. The van der Waals surface area contributed by atoms with Gasteiger partial charge in [-0.2, -0.15) is 9.97 Å². The Bertz CT molecular complexity index is 760. The van der Waals surface area contributed by atoms with Crippen LogP contribution in [0.5, 0.6) is 6.01 Å². The number of nitrogens with one attached hydrogen (secondary N) is 1. The molecule has 0 spiro atoms. The summed E-state index contributed by atoms with van der Waals surface area (Å²) >= 11 is 0. The van der Waals surface area contributed by atoms with Crippen molar-refractivity contribution in [2.24, 2.45) is 0 Å². The van der Waals surface area contributed by atoms with Gasteiger partial charge < -0.3 is 25.0 Å². The number of hydrogen-bond donors (Lipinski definition) is 2. The molecule has 1 amide bonds. The summed E-state index contributed by atoms with van der Waals surface area (Å²) in [6, 6.07) is 0.205. The number of carbonyl (C=O) groups is 1. The molecule has 0 bridgehead atoms. The minimum atomic E-state index is -2.35. The van der Waals surface area contributed by atoms with E-state index >= 15 is 0 Å². The molecular formula is C19H28F2N6O3. The van der Waals surface area contributed by atoms with Crippen LogP contribution in [0.3, 0.4) is 0 Å². The van der Waals surface area contributed by atoms with Crippen molar-refractivity contribution < 1.29 is 23.4 Å². The molecule has 1 aromatic heterocycles. The van der Waals surface area contributed by atoms with E-state index < -0.39 is 12.5 Å². The Kier molecular flexibility index (Phi) is 6.47. The monoisotopic (exact) mass is 426 g/mol. The van der Waals surface area contributed by atoms with Crippen LogP contribution in [0.2, 0.25) is 0 Å². The molecule has 2 saturated heterocycles. The van der Waals surface area contributed by atoms with Crippen molar-refractivity contribution in [3.63, 3.8) is 0 Å². The van der Waals surface area contributed by atoms with Crippen LogP contribution in [-0.4, -0.2) is 95.9 Å². The lowest BCUT2D eigenvalue weighted by molar-refractivity contribution is 0.0683. The second-order valence-corrected chi connectivity index (χ2v) is 7.93. The van der Waals surface area contributed by atoms with Crippen molar-refractivity contribution in [3.8, 4) is 6.01 Å². The summed E-state index contributed by atoms with van der Waals surface area (Å²) in [5, 5.41) is 12.5. The number of halogens is 2. The number of hydrogen-bond acceptors (Lipinski definition) is 7. The highest BCUT2D eigenvalue weighted by Crippen LogP contribution is 2.28. The van der Waals surface area contributed by atoms with E-state index in [0.29, 0.717) is 39.3 Å². The van der Waals surface area contributed by atoms with Crippen LogP contribution < -0.4 is 15.0 Å². The van der Waals surface area contributed by atoms with E-state index in [0.717, 1.165) is 42.9 Å². The quantitative estimate of drug-likeness (QED) is 0.697. The molecule has 2 N–H and O–H groups in total. The molecule has 4 rings (SSSR count). The molecule has 11 heteroatoms. The second-order valence-electron chi connectivity index (χ2n) is 7.93. The van der Waals surface area contributed by atoms with Crippen LogP contribution in [0, 0.1) is 0 Å². The number of rotatable bonds is 6. The Hall–Kier alpha value is -2.27. The average molecular weight is 426 g/mol. The van der Waals surface area contributed by atoms with Crippen LogP contribution >= 0.6 is 0 Å². The fraction of sp³-hybridized carbons (Fsp3) is 0.737. The number of alkyl halides is 2. The van der Waals surface area contributed by atoms with E-state index in [2.05, 4.69) is 20.2 Å². The molecule has 3 aliphatic heterocycles. The van der Waals surface area contributed by atoms with Crippen LogP contribution in [0.4, 0.5) is 19.4 Å². The number of carboxylic acid groups (broad SMARTS) is 1. The molecule has 4 heterocycles.